The van der Waals surface area contributed by atoms with Gasteiger partial charge in [-0.1, -0.05) is 43.0 Å². The lowest BCUT2D eigenvalue weighted by molar-refractivity contribution is 0.356. The van der Waals surface area contributed by atoms with E-state index in [9.17, 15) is 0 Å². The Bertz CT molecular complexity index is 1150. The lowest BCUT2D eigenvalue weighted by atomic mass is 10.1. The number of nitrogens with one attached hydrogen (secondary N) is 1. The molecule has 0 amide bonds. The topological polar surface area (TPSA) is 74.3 Å². The van der Waals surface area contributed by atoms with Gasteiger partial charge in [-0.3, -0.25) is 4.68 Å². The highest BCUT2D eigenvalue weighted by molar-refractivity contribution is 5.82. The molecule has 30 heavy (non-hydrogen) atoms. The van der Waals surface area contributed by atoms with Crippen LogP contribution in [0.2, 0.25) is 0 Å². The quantitative estimate of drug-likeness (QED) is 0.437. The van der Waals surface area contributed by atoms with Crippen LogP contribution < -0.4 is 20.5 Å². The van der Waals surface area contributed by atoms with E-state index in [2.05, 4.69) is 29.1 Å². The number of aromatic nitrogens is 2. The molecule has 0 bridgehead atoms. The van der Waals surface area contributed by atoms with Crippen LogP contribution in [0.15, 0.2) is 73.4 Å². The van der Waals surface area contributed by atoms with Crippen LogP contribution in [0, 0.1) is 0 Å². The molecule has 0 unspecified atom stereocenters. The summed E-state index contributed by atoms with van der Waals surface area (Å²) in [4.78, 5) is 0. The minimum atomic E-state index is 0.658. The summed E-state index contributed by atoms with van der Waals surface area (Å²) in [5.74, 6) is 1.36. The van der Waals surface area contributed by atoms with Crippen LogP contribution in [0.3, 0.4) is 0 Å². The van der Waals surface area contributed by atoms with Gasteiger partial charge in [-0.25, -0.2) is 0 Å². The first kappa shape index (κ1) is 19.4. The smallest absolute Gasteiger partial charge is 0.162 e. The van der Waals surface area contributed by atoms with Crippen LogP contribution in [0.25, 0.3) is 16.6 Å². The third kappa shape index (κ3) is 3.93. The molecule has 1 heterocycles. The third-order valence-corrected chi connectivity index (χ3v) is 4.95. The molecule has 4 aromatic rings. The first-order valence-corrected chi connectivity index (χ1v) is 9.56. The number of anilines is 2. The number of methoxy groups -OCH3 is 2. The van der Waals surface area contributed by atoms with Crippen LogP contribution >= 0.6 is 0 Å². The summed E-state index contributed by atoms with van der Waals surface area (Å²) in [7, 11) is 3.25. The Morgan fingerprint density at radius 1 is 1.03 bits per heavy atom. The monoisotopic (exact) mass is 400 g/mol. The Balaban J connectivity index is 1.49. The fourth-order valence-electron chi connectivity index (χ4n) is 3.33. The summed E-state index contributed by atoms with van der Waals surface area (Å²) in [5.41, 5.74) is 11.3. The van der Waals surface area contributed by atoms with Gasteiger partial charge in [0.2, 0.25) is 0 Å². The number of para-hydroxylation sites is 2. The van der Waals surface area contributed by atoms with Gasteiger partial charge in [-0.2, -0.15) is 5.10 Å². The fraction of sp³-hybridized carbons (Fsp3) is 0.125. The van der Waals surface area contributed by atoms with Crippen molar-refractivity contribution in [3.05, 3.63) is 84.6 Å². The minimum absolute atomic E-state index is 0.658. The van der Waals surface area contributed by atoms with Crippen molar-refractivity contribution in [3.63, 3.8) is 0 Å². The van der Waals surface area contributed by atoms with Crippen LogP contribution in [-0.2, 0) is 6.54 Å². The van der Waals surface area contributed by atoms with Crippen molar-refractivity contribution in [1.29, 1.82) is 0 Å². The largest absolute Gasteiger partial charge is 0.493 e. The summed E-state index contributed by atoms with van der Waals surface area (Å²) in [6.45, 7) is 4.79. The maximum atomic E-state index is 6.00. The molecule has 0 aliphatic carbocycles. The van der Waals surface area contributed by atoms with Gasteiger partial charge in [0.1, 0.15) is 0 Å². The Kier molecular flexibility index (Phi) is 5.30. The Labute approximate surface area is 175 Å². The predicted molar refractivity (Wildman–Crippen MR) is 122 cm³/mol. The summed E-state index contributed by atoms with van der Waals surface area (Å²) in [6, 6.07) is 19.7. The molecule has 4 rings (SSSR count). The van der Waals surface area contributed by atoms with E-state index in [1.165, 1.54) is 0 Å². The second-order valence-corrected chi connectivity index (χ2v) is 6.98. The Morgan fingerprint density at radius 2 is 1.73 bits per heavy atom. The predicted octanol–water partition coefficient (Wildman–Crippen LogP) is 4.77. The molecule has 0 saturated heterocycles. The van der Waals surface area contributed by atoms with Crippen molar-refractivity contribution in [2.75, 3.05) is 25.3 Å². The van der Waals surface area contributed by atoms with Crippen LogP contribution in [0.4, 0.5) is 11.4 Å². The van der Waals surface area contributed by atoms with Crippen LogP contribution in [0.1, 0.15) is 11.1 Å². The van der Waals surface area contributed by atoms with E-state index in [1.54, 1.807) is 14.2 Å². The Hall–Kier alpha value is -3.93. The summed E-state index contributed by atoms with van der Waals surface area (Å²) >= 11 is 0. The molecular weight excluding hydrogens is 376 g/mol. The number of rotatable bonds is 7. The van der Waals surface area contributed by atoms with Gasteiger partial charge in [-0.15, -0.1) is 0 Å². The molecule has 1 aromatic heterocycles. The van der Waals surface area contributed by atoms with Gasteiger partial charge in [-0.05, 0) is 29.3 Å². The van der Waals surface area contributed by atoms with Gasteiger partial charge < -0.3 is 20.5 Å². The van der Waals surface area contributed by atoms with Crippen molar-refractivity contribution < 1.29 is 9.47 Å². The highest BCUT2D eigenvalue weighted by atomic mass is 16.5. The lowest BCUT2D eigenvalue weighted by Crippen LogP contribution is -2.02. The van der Waals surface area contributed by atoms with Crippen LogP contribution in [0.5, 0.6) is 11.5 Å². The molecule has 0 radical (unpaired) electrons. The van der Waals surface area contributed by atoms with Crippen molar-refractivity contribution in [1.82, 2.24) is 9.78 Å². The fourth-order valence-corrected chi connectivity index (χ4v) is 3.33. The number of hydrogen-bond donors (Lipinski definition) is 2. The van der Waals surface area contributed by atoms with Gasteiger partial charge >= 0.3 is 0 Å². The third-order valence-electron chi connectivity index (χ3n) is 4.95. The van der Waals surface area contributed by atoms with Crippen LogP contribution in [-0.4, -0.2) is 24.0 Å². The van der Waals surface area contributed by atoms with E-state index in [0.717, 1.165) is 33.4 Å². The molecule has 3 aromatic carbocycles. The van der Waals surface area contributed by atoms with E-state index in [-0.39, 0.29) is 0 Å². The molecule has 152 valence electrons. The van der Waals surface area contributed by atoms with E-state index in [4.69, 9.17) is 15.2 Å². The van der Waals surface area contributed by atoms with Gasteiger partial charge in [0, 0.05) is 23.3 Å². The molecule has 0 aliphatic heterocycles. The highest BCUT2D eigenvalue weighted by Gasteiger charge is 2.10. The molecule has 6 nitrogen and oxygen atoms in total. The number of nitrogen functional groups attached to an aromatic ring is 1. The molecule has 0 aliphatic rings. The SMILES string of the molecule is C=C(Nc1ccccc1N)c1ccc(Cn2cc3cc(OC)c(OC)cc3n2)cc1. The van der Waals surface area contributed by atoms with Gasteiger partial charge in [0.15, 0.2) is 11.5 Å². The normalized spacial score (nSPS) is 10.7. The average Bonchev–Trinajstić information content (AvgIpc) is 3.15. The zero-order chi connectivity index (χ0) is 21.1. The molecule has 6 heteroatoms. The number of ether oxygens (including phenoxy) is 2. The number of benzene rings is 3. The second kappa shape index (κ2) is 8.21. The summed E-state index contributed by atoms with van der Waals surface area (Å²) < 4.78 is 12.6. The van der Waals surface area contributed by atoms with E-state index >= 15 is 0 Å². The zero-order valence-corrected chi connectivity index (χ0v) is 17.1. The first-order valence-electron chi connectivity index (χ1n) is 9.56. The standard InChI is InChI=1S/C24H24N4O2/c1-16(26-21-7-5-4-6-20(21)25)18-10-8-17(9-11-18)14-28-15-19-12-23(29-2)24(30-3)13-22(19)27-28/h4-13,15,26H,1,14,25H2,2-3H3. The number of nitrogens with two attached hydrogens (primary N) is 1. The van der Waals surface area contributed by atoms with E-state index in [1.807, 2.05) is 59.4 Å². The number of fused-ring (bicyclic) bond motifs is 1. The summed E-state index contributed by atoms with van der Waals surface area (Å²) in [6.07, 6.45) is 2.00. The van der Waals surface area contributed by atoms with Crippen molar-refractivity contribution >= 4 is 28.0 Å². The van der Waals surface area contributed by atoms with Crippen molar-refractivity contribution in [3.8, 4) is 11.5 Å². The second-order valence-electron chi connectivity index (χ2n) is 6.98. The van der Waals surface area contributed by atoms with E-state index in [0.29, 0.717) is 23.7 Å². The Morgan fingerprint density at radius 3 is 2.43 bits per heavy atom. The summed E-state index contributed by atoms with van der Waals surface area (Å²) in [5, 5.41) is 8.93. The maximum absolute atomic E-state index is 6.00. The number of nitrogens with zero attached hydrogens (tertiary/aromatic N) is 2. The number of hydrogen-bond acceptors (Lipinski definition) is 5. The molecule has 0 saturated carbocycles. The first-order chi connectivity index (χ1) is 14.6. The van der Waals surface area contributed by atoms with Gasteiger partial charge in [0.25, 0.3) is 0 Å². The molecule has 0 spiro atoms. The average molecular weight is 400 g/mol. The maximum Gasteiger partial charge on any atom is 0.162 e. The molecule has 0 fully saturated rings. The molecule has 3 N–H and O–H groups in total. The lowest BCUT2D eigenvalue weighted by Gasteiger charge is -2.12. The highest BCUT2D eigenvalue weighted by Crippen LogP contribution is 2.31. The van der Waals surface area contributed by atoms with Gasteiger partial charge in [0.05, 0.1) is 37.7 Å². The van der Waals surface area contributed by atoms with Crippen molar-refractivity contribution in [2.45, 2.75) is 6.54 Å². The zero-order valence-electron chi connectivity index (χ0n) is 17.1. The molecule has 0 atom stereocenters. The molecular formula is C24H24N4O2. The van der Waals surface area contributed by atoms with E-state index < -0.39 is 0 Å². The van der Waals surface area contributed by atoms with Crippen molar-refractivity contribution in [2.24, 2.45) is 0 Å². The minimum Gasteiger partial charge on any atom is -0.493 e.